The Bertz CT molecular complexity index is 969. The van der Waals surface area contributed by atoms with Crippen LogP contribution in [0.25, 0.3) is 0 Å². The molecule has 1 saturated carbocycles. The van der Waals surface area contributed by atoms with Crippen LogP contribution in [-0.4, -0.2) is 32.3 Å². The highest BCUT2D eigenvalue weighted by atomic mass is 35.5. The van der Waals surface area contributed by atoms with E-state index < -0.39 is 20.5 Å². The number of benzene rings is 2. The molecule has 1 amide bonds. The van der Waals surface area contributed by atoms with E-state index in [1.54, 1.807) is 18.2 Å². The summed E-state index contributed by atoms with van der Waals surface area (Å²) < 4.78 is 35.7. The predicted molar refractivity (Wildman–Crippen MR) is 108 cm³/mol. The average molecular weight is 424 g/mol. The molecule has 0 unspecified atom stereocenters. The largest absolute Gasteiger partial charge is 0.494 e. The number of anilines is 1. The van der Waals surface area contributed by atoms with Gasteiger partial charge in [0.15, 0.2) is 14.6 Å². The number of amides is 1. The van der Waals surface area contributed by atoms with Gasteiger partial charge in [0.2, 0.25) is 5.91 Å². The molecule has 1 aliphatic rings. The fourth-order valence-electron chi connectivity index (χ4n) is 2.95. The average Bonchev–Trinajstić information content (AvgIpc) is 3.47. The number of rotatable bonds is 8. The maximum Gasteiger partial charge on any atom is 0.246 e. The molecule has 0 bridgehead atoms. The van der Waals surface area contributed by atoms with Crippen LogP contribution >= 0.6 is 11.6 Å². The highest BCUT2D eigenvalue weighted by Crippen LogP contribution is 2.48. The van der Waals surface area contributed by atoms with E-state index in [2.05, 4.69) is 5.32 Å². The smallest absolute Gasteiger partial charge is 0.246 e. The van der Waals surface area contributed by atoms with Crippen molar-refractivity contribution >= 4 is 33.0 Å². The van der Waals surface area contributed by atoms with Crippen molar-refractivity contribution in [1.82, 2.24) is 0 Å². The van der Waals surface area contributed by atoms with Gasteiger partial charge in [-0.3, -0.25) is 4.79 Å². The molecule has 2 aromatic rings. The first kappa shape index (κ1) is 20.5. The summed E-state index contributed by atoms with van der Waals surface area (Å²) in [6.45, 7) is 4.56. The summed E-state index contributed by atoms with van der Waals surface area (Å²) in [6.07, 6.45) is 0.526. The molecular formula is C20H22ClNO5S. The molecule has 1 N–H and O–H groups in total. The maximum atomic E-state index is 13.1. The van der Waals surface area contributed by atoms with Gasteiger partial charge in [0.05, 0.1) is 23.8 Å². The minimum Gasteiger partial charge on any atom is -0.494 e. The van der Waals surface area contributed by atoms with E-state index in [-0.39, 0.29) is 17.7 Å². The van der Waals surface area contributed by atoms with Crippen LogP contribution in [0.1, 0.15) is 26.7 Å². The van der Waals surface area contributed by atoms with Gasteiger partial charge >= 0.3 is 0 Å². The Morgan fingerprint density at radius 3 is 2.29 bits per heavy atom. The van der Waals surface area contributed by atoms with Crippen LogP contribution in [0.3, 0.4) is 0 Å². The number of carbonyl (C=O) groups excluding carboxylic acids is 1. The van der Waals surface area contributed by atoms with Crippen LogP contribution in [0.15, 0.2) is 47.4 Å². The summed E-state index contributed by atoms with van der Waals surface area (Å²) in [6, 6.07) is 10.9. The molecular weight excluding hydrogens is 402 g/mol. The summed E-state index contributed by atoms with van der Waals surface area (Å²) in [5.74, 6) is 0.447. The van der Waals surface area contributed by atoms with Crippen molar-refractivity contribution in [3.05, 3.63) is 47.5 Å². The van der Waals surface area contributed by atoms with Gasteiger partial charge in [-0.25, -0.2) is 8.42 Å². The predicted octanol–water partition coefficient (Wildman–Crippen LogP) is 4.08. The Hall–Kier alpha value is -2.25. The Morgan fingerprint density at radius 2 is 1.71 bits per heavy atom. The molecule has 0 aliphatic heterocycles. The Kier molecular flexibility index (Phi) is 5.86. The van der Waals surface area contributed by atoms with Gasteiger partial charge < -0.3 is 14.8 Å². The second-order valence-electron chi connectivity index (χ2n) is 6.43. The molecule has 1 aliphatic carbocycles. The molecule has 28 heavy (non-hydrogen) atoms. The van der Waals surface area contributed by atoms with Gasteiger partial charge in [-0.2, -0.15) is 0 Å². The first-order chi connectivity index (χ1) is 13.3. The second kappa shape index (κ2) is 8.01. The first-order valence-electron chi connectivity index (χ1n) is 9.05. The van der Waals surface area contributed by atoms with Crippen molar-refractivity contribution in [1.29, 1.82) is 0 Å². The third kappa shape index (κ3) is 3.82. The monoisotopic (exact) mass is 423 g/mol. The van der Waals surface area contributed by atoms with Crippen LogP contribution in [-0.2, 0) is 14.6 Å². The van der Waals surface area contributed by atoms with Crippen LogP contribution in [0.2, 0.25) is 5.02 Å². The van der Waals surface area contributed by atoms with Gasteiger partial charge in [0, 0.05) is 11.1 Å². The lowest BCUT2D eigenvalue weighted by Gasteiger charge is -2.18. The van der Waals surface area contributed by atoms with Gasteiger partial charge in [0.25, 0.3) is 0 Å². The summed E-state index contributed by atoms with van der Waals surface area (Å²) in [7, 11) is -3.85. The highest BCUT2D eigenvalue weighted by molar-refractivity contribution is 7.94. The topological polar surface area (TPSA) is 81.7 Å². The fraction of sp³-hybridized carbons (Fsp3) is 0.350. The summed E-state index contributed by atoms with van der Waals surface area (Å²) >= 11 is 5.85. The SMILES string of the molecule is CCOc1ccc(OCC)c(NC(=O)C2(S(=O)(=O)c3ccc(Cl)cc3)CC2)c1. The highest BCUT2D eigenvalue weighted by Gasteiger charge is 2.61. The Balaban J connectivity index is 1.90. The third-order valence-electron chi connectivity index (χ3n) is 4.57. The van der Waals surface area contributed by atoms with Crippen LogP contribution in [0.5, 0.6) is 11.5 Å². The molecule has 0 atom stereocenters. The number of nitrogens with one attached hydrogen (secondary N) is 1. The summed E-state index contributed by atoms with van der Waals surface area (Å²) in [5.41, 5.74) is 0.385. The zero-order valence-electron chi connectivity index (χ0n) is 15.7. The minimum atomic E-state index is -3.85. The van der Waals surface area contributed by atoms with Gasteiger partial charge in [0.1, 0.15) is 11.5 Å². The van der Waals surface area contributed by atoms with Crippen molar-refractivity contribution in [2.75, 3.05) is 18.5 Å². The van der Waals surface area contributed by atoms with Gasteiger partial charge in [-0.05, 0) is 63.1 Å². The molecule has 1 fully saturated rings. The number of hydrogen-bond donors (Lipinski definition) is 1. The van der Waals surface area contributed by atoms with E-state index in [1.807, 2.05) is 13.8 Å². The zero-order chi connectivity index (χ0) is 20.4. The zero-order valence-corrected chi connectivity index (χ0v) is 17.3. The van der Waals surface area contributed by atoms with Crippen LogP contribution < -0.4 is 14.8 Å². The lowest BCUT2D eigenvalue weighted by molar-refractivity contribution is -0.116. The normalized spacial score (nSPS) is 15.0. The number of hydrogen-bond acceptors (Lipinski definition) is 5. The minimum absolute atomic E-state index is 0.0812. The standard InChI is InChI=1S/C20H22ClNO5S/c1-3-26-15-7-10-18(27-4-2)17(13-15)22-19(23)20(11-12-20)28(24,25)16-8-5-14(21)6-9-16/h5-10,13H,3-4,11-12H2,1-2H3,(H,22,23). The van der Waals surface area contributed by atoms with Gasteiger partial charge in [-0.15, -0.1) is 0 Å². The van der Waals surface area contributed by atoms with E-state index in [4.69, 9.17) is 21.1 Å². The lowest BCUT2D eigenvalue weighted by atomic mass is 10.2. The van der Waals surface area contributed by atoms with E-state index >= 15 is 0 Å². The van der Waals surface area contributed by atoms with Crippen molar-refractivity contribution in [2.24, 2.45) is 0 Å². The fourth-order valence-corrected chi connectivity index (χ4v) is 4.96. The van der Waals surface area contributed by atoms with Gasteiger partial charge in [-0.1, -0.05) is 11.6 Å². The quantitative estimate of drug-likeness (QED) is 0.691. The first-order valence-corrected chi connectivity index (χ1v) is 10.9. The summed E-state index contributed by atoms with van der Waals surface area (Å²) in [5, 5.41) is 3.17. The molecule has 0 spiro atoms. The van der Waals surface area contributed by atoms with Crippen molar-refractivity contribution in [3.8, 4) is 11.5 Å². The van der Waals surface area contributed by atoms with E-state index in [0.717, 1.165) is 0 Å². The van der Waals surface area contributed by atoms with E-state index in [1.165, 1.54) is 24.3 Å². The van der Waals surface area contributed by atoms with Crippen molar-refractivity contribution in [3.63, 3.8) is 0 Å². The Labute approximate surface area is 169 Å². The number of halogens is 1. The molecule has 0 radical (unpaired) electrons. The van der Waals surface area contributed by atoms with Crippen LogP contribution in [0, 0.1) is 0 Å². The second-order valence-corrected chi connectivity index (χ2v) is 9.13. The number of carbonyl (C=O) groups is 1. The van der Waals surface area contributed by atoms with E-state index in [9.17, 15) is 13.2 Å². The van der Waals surface area contributed by atoms with Crippen molar-refractivity contribution < 1.29 is 22.7 Å². The number of sulfone groups is 1. The molecule has 6 nitrogen and oxygen atoms in total. The molecule has 0 aromatic heterocycles. The maximum absolute atomic E-state index is 13.1. The molecule has 2 aromatic carbocycles. The third-order valence-corrected chi connectivity index (χ3v) is 7.33. The molecule has 0 heterocycles. The number of ether oxygens (including phenoxy) is 2. The van der Waals surface area contributed by atoms with E-state index in [0.29, 0.717) is 35.4 Å². The van der Waals surface area contributed by atoms with Crippen LogP contribution in [0.4, 0.5) is 5.69 Å². The summed E-state index contributed by atoms with van der Waals surface area (Å²) in [4.78, 5) is 13.1. The molecule has 0 saturated heterocycles. The Morgan fingerprint density at radius 1 is 1.07 bits per heavy atom. The van der Waals surface area contributed by atoms with Crippen molar-refractivity contribution in [2.45, 2.75) is 36.3 Å². The lowest BCUT2D eigenvalue weighted by Crippen LogP contribution is -2.37. The molecule has 8 heteroatoms. The molecule has 150 valence electrons. The molecule has 3 rings (SSSR count).